The Kier molecular flexibility index (Phi) is 5.20. The van der Waals surface area contributed by atoms with Gasteiger partial charge in [-0.1, -0.05) is 28.1 Å². The minimum atomic E-state index is -0.248. The largest absolute Gasteiger partial charge is 0.323 e. The summed E-state index contributed by atoms with van der Waals surface area (Å²) in [6, 6.07) is 10.7. The first-order valence-corrected chi connectivity index (χ1v) is 7.92. The van der Waals surface area contributed by atoms with Crippen LogP contribution in [-0.2, 0) is 0 Å². The number of nitrogens with two attached hydrogens (primary N) is 1. The molecule has 104 valence electrons. The van der Waals surface area contributed by atoms with Crippen molar-refractivity contribution >= 4 is 65.1 Å². The SMILES string of the molecule is NNc1ccccc1C(=O)Nc1c(Br)cc(Br)cc1Br. The van der Waals surface area contributed by atoms with E-state index in [2.05, 4.69) is 58.5 Å². The van der Waals surface area contributed by atoms with E-state index in [0.29, 0.717) is 16.9 Å². The number of carbonyl (C=O) groups excluding carboxylic acids is 1. The second-order valence-electron chi connectivity index (χ2n) is 3.89. The first-order valence-electron chi connectivity index (χ1n) is 5.54. The first-order chi connectivity index (χ1) is 9.52. The molecule has 1 amide bonds. The predicted molar refractivity (Wildman–Crippen MR) is 91.7 cm³/mol. The van der Waals surface area contributed by atoms with Crippen molar-refractivity contribution in [2.45, 2.75) is 0 Å². The Labute approximate surface area is 141 Å². The van der Waals surface area contributed by atoms with Crippen molar-refractivity contribution in [2.24, 2.45) is 5.84 Å². The van der Waals surface area contributed by atoms with E-state index < -0.39 is 0 Å². The van der Waals surface area contributed by atoms with Gasteiger partial charge in [-0.3, -0.25) is 10.6 Å². The highest BCUT2D eigenvalue weighted by Gasteiger charge is 2.14. The lowest BCUT2D eigenvalue weighted by Crippen LogP contribution is -2.17. The van der Waals surface area contributed by atoms with Crippen molar-refractivity contribution in [1.29, 1.82) is 0 Å². The van der Waals surface area contributed by atoms with Gasteiger partial charge in [-0.2, -0.15) is 0 Å². The first kappa shape index (κ1) is 15.5. The van der Waals surface area contributed by atoms with Gasteiger partial charge in [-0.15, -0.1) is 0 Å². The summed E-state index contributed by atoms with van der Waals surface area (Å²) in [6.07, 6.45) is 0. The topological polar surface area (TPSA) is 67.1 Å². The predicted octanol–water partition coefficient (Wildman–Crippen LogP) is 4.51. The fraction of sp³-hybridized carbons (Fsp3) is 0. The van der Waals surface area contributed by atoms with Crippen molar-refractivity contribution in [2.75, 3.05) is 10.7 Å². The van der Waals surface area contributed by atoms with Crippen LogP contribution in [0.1, 0.15) is 10.4 Å². The number of hydrogen-bond acceptors (Lipinski definition) is 3. The summed E-state index contributed by atoms with van der Waals surface area (Å²) < 4.78 is 2.44. The Bertz CT molecular complexity index is 638. The van der Waals surface area contributed by atoms with Gasteiger partial charge in [0.2, 0.25) is 0 Å². The summed E-state index contributed by atoms with van der Waals surface area (Å²) in [5.74, 6) is 5.16. The molecule has 0 atom stereocenters. The number of nitrogens with one attached hydrogen (secondary N) is 2. The van der Waals surface area contributed by atoms with Gasteiger partial charge in [0.05, 0.1) is 16.9 Å². The van der Waals surface area contributed by atoms with Crippen LogP contribution in [0.15, 0.2) is 49.8 Å². The lowest BCUT2D eigenvalue weighted by Gasteiger charge is -2.12. The van der Waals surface area contributed by atoms with E-state index in [1.165, 1.54) is 0 Å². The Morgan fingerprint density at radius 1 is 1.05 bits per heavy atom. The average molecular weight is 464 g/mol. The second-order valence-corrected chi connectivity index (χ2v) is 6.51. The molecule has 0 aliphatic rings. The highest BCUT2D eigenvalue weighted by molar-refractivity contribution is 9.11. The van der Waals surface area contributed by atoms with Gasteiger partial charge < -0.3 is 10.7 Å². The summed E-state index contributed by atoms with van der Waals surface area (Å²) >= 11 is 10.2. The molecule has 0 saturated carbocycles. The molecule has 2 aromatic carbocycles. The molecule has 7 heteroatoms. The molecule has 0 radical (unpaired) electrons. The van der Waals surface area contributed by atoms with E-state index in [1.54, 1.807) is 24.3 Å². The molecule has 2 rings (SSSR count). The summed E-state index contributed by atoms with van der Waals surface area (Å²) in [5.41, 5.74) is 4.20. The molecule has 0 saturated heterocycles. The van der Waals surface area contributed by atoms with E-state index >= 15 is 0 Å². The highest BCUT2D eigenvalue weighted by Crippen LogP contribution is 2.34. The smallest absolute Gasteiger partial charge is 0.257 e. The molecule has 2 aromatic rings. The number of rotatable bonds is 3. The van der Waals surface area contributed by atoms with Crippen molar-refractivity contribution in [1.82, 2.24) is 0 Å². The number of hydrogen-bond donors (Lipinski definition) is 3. The number of anilines is 2. The van der Waals surface area contributed by atoms with E-state index in [4.69, 9.17) is 5.84 Å². The Balaban J connectivity index is 2.33. The van der Waals surface area contributed by atoms with Gasteiger partial charge >= 0.3 is 0 Å². The van der Waals surface area contributed by atoms with E-state index in [1.807, 2.05) is 12.1 Å². The van der Waals surface area contributed by atoms with Crippen molar-refractivity contribution in [3.05, 3.63) is 55.4 Å². The van der Waals surface area contributed by atoms with Crippen molar-refractivity contribution in [3.63, 3.8) is 0 Å². The third-order valence-electron chi connectivity index (χ3n) is 2.57. The third kappa shape index (κ3) is 3.41. The van der Waals surface area contributed by atoms with Crippen LogP contribution in [-0.4, -0.2) is 5.91 Å². The number of para-hydroxylation sites is 1. The van der Waals surface area contributed by atoms with Gasteiger partial charge in [0.1, 0.15) is 0 Å². The molecule has 4 N–H and O–H groups in total. The molecule has 0 unspecified atom stereocenters. The third-order valence-corrected chi connectivity index (χ3v) is 4.28. The summed E-state index contributed by atoms with van der Waals surface area (Å²) in [4.78, 5) is 12.3. The summed E-state index contributed by atoms with van der Waals surface area (Å²) in [6.45, 7) is 0. The van der Waals surface area contributed by atoms with Crippen LogP contribution in [0.25, 0.3) is 0 Å². The van der Waals surface area contributed by atoms with Gasteiger partial charge in [-0.25, -0.2) is 0 Å². The monoisotopic (exact) mass is 461 g/mol. The van der Waals surface area contributed by atoms with E-state index in [9.17, 15) is 4.79 Å². The summed E-state index contributed by atoms with van der Waals surface area (Å²) in [7, 11) is 0. The van der Waals surface area contributed by atoms with Crippen LogP contribution >= 0.6 is 47.8 Å². The number of carbonyl (C=O) groups is 1. The Morgan fingerprint density at radius 3 is 2.25 bits per heavy atom. The maximum absolute atomic E-state index is 12.3. The minimum absolute atomic E-state index is 0.248. The maximum Gasteiger partial charge on any atom is 0.257 e. The fourth-order valence-electron chi connectivity index (χ4n) is 1.65. The molecule has 0 aromatic heterocycles. The van der Waals surface area contributed by atoms with Crippen LogP contribution in [0, 0.1) is 0 Å². The van der Waals surface area contributed by atoms with Crippen LogP contribution in [0.2, 0.25) is 0 Å². The zero-order valence-corrected chi connectivity index (χ0v) is 14.8. The Morgan fingerprint density at radius 2 is 1.65 bits per heavy atom. The number of amides is 1. The molecule has 0 aliphatic heterocycles. The lowest BCUT2D eigenvalue weighted by atomic mass is 10.1. The maximum atomic E-state index is 12.3. The van der Waals surface area contributed by atoms with Crippen molar-refractivity contribution < 1.29 is 4.79 Å². The molecule has 0 bridgehead atoms. The molecular weight excluding hydrogens is 454 g/mol. The molecular formula is C13H10Br3N3O. The molecule has 0 fully saturated rings. The molecule has 0 spiro atoms. The lowest BCUT2D eigenvalue weighted by molar-refractivity contribution is 0.102. The Hall–Kier alpha value is -0.890. The zero-order chi connectivity index (χ0) is 14.7. The van der Waals surface area contributed by atoms with Gasteiger partial charge in [0, 0.05) is 13.4 Å². The van der Waals surface area contributed by atoms with E-state index in [-0.39, 0.29) is 5.91 Å². The van der Waals surface area contributed by atoms with Gasteiger partial charge in [0.25, 0.3) is 5.91 Å². The van der Waals surface area contributed by atoms with Crippen molar-refractivity contribution in [3.8, 4) is 0 Å². The number of halogens is 3. The summed E-state index contributed by atoms with van der Waals surface area (Å²) in [5, 5.41) is 2.85. The molecule has 20 heavy (non-hydrogen) atoms. The zero-order valence-electron chi connectivity index (χ0n) is 10.1. The quantitative estimate of drug-likeness (QED) is 0.463. The van der Waals surface area contributed by atoms with E-state index in [0.717, 1.165) is 13.4 Å². The number of hydrazine groups is 1. The standard InChI is InChI=1S/C13H10Br3N3O/c14-7-5-9(15)12(10(16)6-7)18-13(20)8-3-1-2-4-11(8)19-17/h1-6,19H,17H2,(H,18,20). The van der Waals surface area contributed by atoms with Crippen LogP contribution in [0.4, 0.5) is 11.4 Å². The average Bonchev–Trinajstić information content (AvgIpc) is 2.42. The fourth-order valence-corrected chi connectivity index (χ4v) is 4.11. The highest BCUT2D eigenvalue weighted by atomic mass is 79.9. The van der Waals surface area contributed by atoms with Gasteiger partial charge in [-0.05, 0) is 56.1 Å². The van der Waals surface area contributed by atoms with Gasteiger partial charge in [0.15, 0.2) is 0 Å². The van der Waals surface area contributed by atoms with Crippen LogP contribution < -0.4 is 16.6 Å². The minimum Gasteiger partial charge on any atom is -0.323 e. The second kappa shape index (κ2) is 6.71. The van der Waals surface area contributed by atoms with Crippen LogP contribution in [0.3, 0.4) is 0 Å². The molecule has 0 heterocycles. The normalized spacial score (nSPS) is 10.2. The number of benzene rings is 2. The van der Waals surface area contributed by atoms with Crippen LogP contribution in [0.5, 0.6) is 0 Å². The number of nitrogen functional groups attached to an aromatic ring is 1. The molecule has 0 aliphatic carbocycles. The molecule has 4 nitrogen and oxygen atoms in total.